The predicted molar refractivity (Wildman–Crippen MR) is 117 cm³/mol. The van der Waals surface area contributed by atoms with Gasteiger partial charge in [0.1, 0.15) is 11.5 Å². The molecule has 4 rings (SSSR count). The Morgan fingerprint density at radius 1 is 0.933 bits per heavy atom. The van der Waals surface area contributed by atoms with Crippen LogP contribution in [0.2, 0.25) is 0 Å². The zero-order valence-electron chi connectivity index (χ0n) is 17.6. The number of rotatable bonds is 6. The molecule has 1 fully saturated rings. The van der Waals surface area contributed by atoms with E-state index in [1.54, 1.807) is 19.2 Å². The van der Waals surface area contributed by atoms with E-state index in [2.05, 4.69) is 16.4 Å². The second kappa shape index (κ2) is 9.22. The molecule has 158 valence electrons. The Kier molecular flexibility index (Phi) is 6.23. The highest BCUT2D eigenvalue weighted by atomic mass is 16.5. The first kappa shape index (κ1) is 20.3. The van der Waals surface area contributed by atoms with Crippen molar-refractivity contribution < 1.29 is 14.3 Å². The molecule has 1 amide bonds. The van der Waals surface area contributed by atoms with Gasteiger partial charge in [-0.1, -0.05) is 18.6 Å². The van der Waals surface area contributed by atoms with Crippen LogP contribution in [0, 0.1) is 0 Å². The number of carbonyl (C=O) groups excluding carboxylic acids is 1. The Morgan fingerprint density at radius 2 is 1.53 bits per heavy atom. The fourth-order valence-corrected chi connectivity index (χ4v) is 4.05. The number of hydrogen-bond acceptors (Lipinski definition) is 5. The first-order chi connectivity index (χ1) is 14.7. The lowest BCUT2D eigenvalue weighted by atomic mass is 10.0. The van der Waals surface area contributed by atoms with E-state index in [0.717, 1.165) is 54.3 Å². The third kappa shape index (κ3) is 4.44. The van der Waals surface area contributed by atoms with Crippen LogP contribution in [0.25, 0.3) is 5.70 Å². The van der Waals surface area contributed by atoms with Gasteiger partial charge in [0.25, 0.3) is 5.91 Å². The third-order valence-corrected chi connectivity index (χ3v) is 5.78. The normalized spacial score (nSPS) is 19.2. The molecular weight excluding hydrogens is 378 g/mol. The van der Waals surface area contributed by atoms with E-state index < -0.39 is 0 Å². The van der Waals surface area contributed by atoms with Gasteiger partial charge in [-0.3, -0.25) is 15.1 Å². The van der Waals surface area contributed by atoms with Crippen molar-refractivity contribution in [1.29, 1.82) is 0 Å². The van der Waals surface area contributed by atoms with E-state index in [-0.39, 0.29) is 11.9 Å². The van der Waals surface area contributed by atoms with Gasteiger partial charge in [-0.15, -0.1) is 0 Å². The summed E-state index contributed by atoms with van der Waals surface area (Å²) in [5.41, 5.74) is 6.34. The molecule has 1 atom stereocenters. The summed E-state index contributed by atoms with van der Waals surface area (Å²) in [4.78, 5) is 15.5. The Morgan fingerprint density at radius 3 is 2.13 bits per heavy atom. The first-order valence-electron chi connectivity index (χ1n) is 10.5. The van der Waals surface area contributed by atoms with Crippen molar-refractivity contribution in [3.63, 3.8) is 0 Å². The van der Waals surface area contributed by atoms with Crippen LogP contribution in [-0.4, -0.2) is 49.7 Å². The Hall–Kier alpha value is -2.99. The maximum absolute atomic E-state index is 13.2. The topological polar surface area (TPSA) is 54.0 Å². The molecule has 0 aliphatic carbocycles. The number of carbonyl (C=O) groups is 1. The summed E-state index contributed by atoms with van der Waals surface area (Å²) in [6.07, 6.45) is 5.69. The van der Waals surface area contributed by atoms with Crippen LogP contribution >= 0.6 is 0 Å². The molecule has 2 aliphatic rings. The number of likely N-dealkylation sites (tertiary alicyclic amines) is 1. The maximum atomic E-state index is 13.2. The predicted octanol–water partition coefficient (Wildman–Crippen LogP) is 3.62. The van der Waals surface area contributed by atoms with Gasteiger partial charge in [-0.05, 0) is 79.5 Å². The smallest absolute Gasteiger partial charge is 0.255 e. The fraction of sp³-hybridized carbons (Fsp3) is 0.375. The molecule has 2 aromatic carbocycles. The number of ether oxygens (including phenoxy) is 2. The quantitative estimate of drug-likeness (QED) is 0.793. The van der Waals surface area contributed by atoms with E-state index >= 15 is 0 Å². The lowest BCUT2D eigenvalue weighted by Gasteiger charge is -2.31. The van der Waals surface area contributed by atoms with Gasteiger partial charge in [0, 0.05) is 0 Å². The van der Waals surface area contributed by atoms with Gasteiger partial charge in [0.05, 0.1) is 32.5 Å². The van der Waals surface area contributed by atoms with E-state index in [1.807, 2.05) is 48.5 Å². The molecular formula is C24H29N3O3. The van der Waals surface area contributed by atoms with Crippen molar-refractivity contribution in [2.24, 2.45) is 0 Å². The summed E-state index contributed by atoms with van der Waals surface area (Å²) >= 11 is 0. The highest BCUT2D eigenvalue weighted by Gasteiger charge is 2.31. The standard InChI is InChI=1S/C24H29N3O3/c1-29-20-10-6-18(7-11-20)22-16-23(19-8-12-21(30-2)13-9-19)27(25-22)24(28)17-26-14-4-3-5-15-26/h6-13,16,23,25H,3-5,14-15,17H2,1-2H3/t23-/m1/s1. The van der Waals surface area contributed by atoms with Crippen molar-refractivity contribution in [1.82, 2.24) is 15.3 Å². The largest absolute Gasteiger partial charge is 0.497 e. The van der Waals surface area contributed by atoms with Gasteiger partial charge in [-0.25, -0.2) is 5.01 Å². The van der Waals surface area contributed by atoms with Crippen LogP contribution in [-0.2, 0) is 4.79 Å². The van der Waals surface area contributed by atoms with E-state index in [9.17, 15) is 4.79 Å². The number of nitrogens with one attached hydrogen (secondary N) is 1. The molecule has 0 spiro atoms. The van der Waals surface area contributed by atoms with Crippen molar-refractivity contribution in [3.05, 3.63) is 65.7 Å². The number of piperidine rings is 1. The average Bonchev–Trinajstić information content (AvgIpc) is 3.25. The summed E-state index contributed by atoms with van der Waals surface area (Å²) in [7, 11) is 3.31. The molecule has 2 heterocycles. The molecule has 2 aliphatic heterocycles. The fourth-order valence-electron chi connectivity index (χ4n) is 4.05. The minimum Gasteiger partial charge on any atom is -0.497 e. The molecule has 0 unspecified atom stereocenters. The second-order valence-corrected chi connectivity index (χ2v) is 7.74. The third-order valence-electron chi connectivity index (χ3n) is 5.78. The minimum atomic E-state index is -0.176. The number of hydrogen-bond donors (Lipinski definition) is 1. The Balaban J connectivity index is 1.58. The zero-order valence-corrected chi connectivity index (χ0v) is 17.6. The number of hydrazine groups is 1. The molecule has 1 N–H and O–H groups in total. The summed E-state index contributed by atoms with van der Waals surface area (Å²) in [6.45, 7) is 2.42. The van der Waals surface area contributed by atoms with Crippen LogP contribution in [0.5, 0.6) is 11.5 Å². The lowest BCUT2D eigenvalue weighted by Crippen LogP contribution is -2.46. The van der Waals surface area contributed by atoms with Crippen molar-refractivity contribution in [2.45, 2.75) is 25.3 Å². The first-order valence-corrected chi connectivity index (χ1v) is 10.5. The monoisotopic (exact) mass is 407 g/mol. The summed E-state index contributed by atoms with van der Waals surface area (Å²) in [6, 6.07) is 15.6. The molecule has 0 radical (unpaired) electrons. The van der Waals surface area contributed by atoms with Crippen LogP contribution < -0.4 is 14.9 Å². The number of amides is 1. The van der Waals surface area contributed by atoms with E-state index in [0.29, 0.717) is 6.54 Å². The minimum absolute atomic E-state index is 0.0810. The van der Waals surface area contributed by atoms with Gasteiger partial charge in [0.2, 0.25) is 0 Å². The van der Waals surface area contributed by atoms with Crippen LogP contribution in [0.4, 0.5) is 0 Å². The number of methoxy groups -OCH3 is 2. The van der Waals surface area contributed by atoms with Crippen LogP contribution in [0.1, 0.15) is 36.4 Å². The lowest BCUT2D eigenvalue weighted by molar-refractivity contribution is -0.135. The summed E-state index contributed by atoms with van der Waals surface area (Å²) < 4.78 is 10.6. The molecule has 6 nitrogen and oxygen atoms in total. The zero-order chi connectivity index (χ0) is 20.9. The molecule has 1 saturated heterocycles. The van der Waals surface area contributed by atoms with Crippen LogP contribution in [0.3, 0.4) is 0 Å². The molecule has 2 aromatic rings. The number of nitrogens with zero attached hydrogens (tertiary/aromatic N) is 2. The summed E-state index contributed by atoms with van der Waals surface area (Å²) in [5.74, 6) is 1.69. The SMILES string of the molecule is COc1ccc(C2=C[C@H](c3ccc(OC)cc3)N(C(=O)CN3CCCCC3)N2)cc1. The average molecular weight is 408 g/mol. The van der Waals surface area contributed by atoms with E-state index in [4.69, 9.17) is 9.47 Å². The maximum Gasteiger partial charge on any atom is 0.255 e. The Bertz CT molecular complexity index is 887. The highest BCUT2D eigenvalue weighted by molar-refractivity contribution is 5.82. The van der Waals surface area contributed by atoms with Gasteiger partial charge < -0.3 is 9.47 Å². The molecule has 0 saturated carbocycles. The van der Waals surface area contributed by atoms with Gasteiger partial charge >= 0.3 is 0 Å². The highest BCUT2D eigenvalue weighted by Crippen LogP contribution is 2.33. The van der Waals surface area contributed by atoms with Gasteiger partial charge in [0.15, 0.2) is 0 Å². The van der Waals surface area contributed by atoms with Crippen molar-refractivity contribution in [3.8, 4) is 11.5 Å². The molecule has 30 heavy (non-hydrogen) atoms. The number of benzene rings is 2. The van der Waals surface area contributed by atoms with Gasteiger partial charge in [-0.2, -0.15) is 0 Å². The van der Waals surface area contributed by atoms with Crippen molar-refractivity contribution >= 4 is 11.6 Å². The Labute approximate surface area is 178 Å². The summed E-state index contributed by atoms with van der Waals surface area (Å²) in [5, 5.41) is 1.76. The molecule has 6 heteroatoms. The second-order valence-electron chi connectivity index (χ2n) is 7.74. The molecule has 0 aromatic heterocycles. The van der Waals surface area contributed by atoms with Crippen LogP contribution in [0.15, 0.2) is 54.6 Å². The molecule has 0 bridgehead atoms. The van der Waals surface area contributed by atoms with Crippen molar-refractivity contribution in [2.75, 3.05) is 33.9 Å². The van der Waals surface area contributed by atoms with E-state index in [1.165, 1.54) is 6.42 Å².